The molecule has 8 nitrogen and oxygen atoms in total. The summed E-state index contributed by atoms with van der Waals surface area (Å²) in [5.74, 6) is -0.547. The highest BCUT2D eigenvalue weighted by Gasteiger charge is 2.29. The number of benzene rings is 4. The second kappa shape index (κ2) is 13.1. The van der Waals surface area contributed by atoms with Gasteiger partial charge < -0.3 is 9.52 Å². The van der Waals surface area contributed by atoms with E-state index in [-0.39, 0.29) is 28.7 Å². The molecule has 43 heavy (non-hydrogen) atoms. The zero-order valence-corrected chi connectivity index (χ0v) is 24.4. The minimum absolute atomic E-state index is 0.0977. The van der Waals surface area contributed by atoms with Crippen LogP contribution in [0.25, 0.3) is 22.5 Å². The first kappa shape index (κ1) is 30.4. The van der Waals surface area contributed by atoms with Crippen LogP contribution in [0.1, 0.15) is 21.5 Å². The largest absolute Gasteiger partial charge is 0.478 e. The average molecular weight is 645 g/mol. The number of halogens is 4. The van der Waals surface area contributed by atoms with Crippen molar-refractivity contribution in [3.63, 3.8) is 0 Å². The Kier molecular flexibility index (Phi) is 9.25. The van der Waals surface area contributed by atoms with E-state index in [0.717, 1.165) is 5.56 Å². The van der Waals surface area contributed by atoms with E-state index in [1.54, 1.807) is 83.9 Å². The van der Waals surface area contributed by atoms with Gasteiger partial charge in [0.05, 0.1) is 24.5 Å². The predicted molar refractivity (Wildman–Crippen MR) is 159 cm³/mol. The zero-order chi connectivity index (χ0) is 30.6. The van der Waals surface area contributed by atoms with Crippen molar-refractivity contribution < 1.29 is 37.4 Å². The van der Waals surface area contributed by atoms with E-state index in [0.29, 0.717) is 33.2 Å². The monoisotopic (exact) mass is 644 g/mol. The van der Waals surface area contributed by atoms with Crippen LogP contribution in [0.2, 0.25) is 10.0 Å². The lowest BCUT2D eigenvalue weighted by Gasteiger charge is -2.21. The van der Waals surface area contributed by atoms with Gasteiger partial charge in [0, 0.05) is 21.3 Å². The molecule has 0 unspecified atom stereocenters. The number of anilines is 2. The molecule has 0 fully saturated rings. The van der Waals surface area contributed by atoms with Crippen LogP contribution in [0.4, 0.5) is 20.8 Å². The quantitative estimate of drug-likeness (QED) is 0.142. The SMILES string of the molecule is O=C(O)c1ccccc1-c1ccc(-c2cnc(N(Cc3ccc(CP(=O)(OF)OF)c(Cl)c3)c3ccc(Cl)cc3)o2)cc1. The molecule has 220 valence electrons. The van der Waals surface area contributed by atoms with E-state index in [9.17, 15) is 23.5 Å². The lowest BCUT2D eigenvalue weighted by molar-refractivity contribution is -0.0881. The molecular formula is C30H21Cl2F2N2O6P. The molecule has 5 aromatic rings. The molecular weight excluding hydrogens is 624 g/mol. The number of nitrogens with zero attached hydrogens (tertiary/aromatic N) is 2. The molecule has 0 aliphatic rings. The number of hydrogen-bond donors (Lipinski definition) is 1. The minimum atomic E-state index is -4.62. The van der Waals surface area contributed by atoms with Gasteiger partial charge in [-0.15, -0.1) is 9.46 Å². The fraction of sp³-hybridized carbons (Fsp3) is 0.0667. The van der Waals surface area contributed by atoms with Crippen molar-refractivity contribution in [2.24, 2.45) is 0 Å². The maximum atomic E-state index is 12.6. The zero-order valence-electron chi connectivity index (χ0n) is 22.0. The molecule has 1 heterocycles. The molecule has 0 bridgehead atoms. The lowest BCUT2D eigenvalue weighted by Crippen LogP contribution is -2.16. The number of carboxylic acids is 1. The number of carbonyl (C=O) groups is 1. The van der Waals surface area contributed by atoms with Crippen molar-refractivity contribution in [1.82, 2.24) is 4.98 Å². The maximum absolute atomic E-state index is 12.6. The standard InChI is InChI=1S/C30H21Cl2F2N2O6P/c31-23-11-13-24(14-12-23)36(17-19-5-6-22(27(32)15-19)18-43(39,41-33)42-34)30-35-16-28(40-30)21-9-7-20(8-10-21)25-3-1-2-4-26(25)29(37)38/h1-16H,17-18H2,(H,37,38). The van der Waals surface area contributed by atoms with Gasteiger partial charge in [0.15, 0.2) is 5.76 Å². The summed E-state index contributed by atoms with van der Waals surface area (Å²) in [5, 5.41) is 10.2. The Morgan fingerprint density at radius 2 is 1.60 bits per heavy atom. The molecule has 0 radical (unpaired) electrons. The first-order valence-electron chi connectivity index (χ1n) is 12.6. The summed E-state index contributed by atoms with van der Waals surface area (Å²) in [6, 6.07) is 25.9. The van der Waals surface area contributed by atoms with Gasteiger partial charge in [0.1, 0.15) is 0 Å². The Balaban J connectivity index is 1.43. The Bertz CT molecular complexity index is 1790. The first-order valence-corrected chi connectivity index (χ1v) is 15.1. The summed E-state index contributed by atoms with van der Waals surface area (Å²) >= 11 is 12.4. The molecule has 1 N–H and O–H groups in total. The Labute approximate surface area is 254 Å². The summed E-state index contributed by atoms with van der Waals surface area (Å²) < 4.78 is 49.5. The number of carboxylic acid groups (broad SMARTS) is 1. The van der Waals surface area contributed by atoms with Gasteiger partial charge in [-0.05, 0) is 67.7 Å². The minimum Gasteiger partial charge on any atom is -0.478 e. The fourth-order valence-corrected chi connectivity index (χ4v) is 5.72. The molecule has 1 aromatic heterocycles. The molecule has 0 saturated carbocycles. The average Bonchev–Trinajstić information content (AvgIpc) is 3.52. The van der Waals surface area contributed by atoms with Crippen molar-refractivity contribution in [2.75, 3.05) is 4.90 Å². The van der Waals surface area contributed by atoms with Crippen LogP contribution >= 0.6 is 30.8 Å². The third kappa shape index (κ3) is 6.96. The van der Waals surface area contributed by atoms with Crippen LogP contribution in [0.5, 0.6) is 0 Å². The van der Waals surface area contributed by atoms with E-state index in [2.05, 4.69) is 14.4 Å². The molecule has 0 atom stereocenters. The van der Waals surface area contributed by atoms with Crippen molar-refractivity contribution >= 4 is 48.5 Å². The number of aromatic carboxylic acids is 1. The van der Waals surface area contributed by atoms with Crippen molar-refractivity contribution in [1.29, 1.82) is 0 Å². The van der Waals surface area contributed by atoms with E-state index in [4.69, 9.17) is 27.6 Å². The summed E-state index contributed by atoms with van der Waals surface area (Å²) in [7, 11) is -4.62. The van der Waals surface area contributed by atoms with Gasteiger partial charge in [-0.3, -0.25) is 9.46 Å². The summed E-state index contributed by atoms with van der Waals surface area (Å²) in [6.07, 6.45) is 0.865. The fourth-order valence-electron chi connectivity index (χ4n) is 4.42. The highest BCUT2D eigenvalue weighted by atomic mass is 35.5. The second-order valence-corrected chi connectivity index (χ2v) is 12.0. The number of rotatable bonds is 11. The topological polar surface area (TPSA) is 102 Å². The molecule has 0 amide bonds. The molecule has 0 aliphatic heterocycles. The van der Waals surface area contributed by atoms with Crippen LogP contribution in [0, 0.1) is 0 Å². The second-order valence-electron chi connectivity index (χ2n) is 9.33. The smallest absolute Gasteiger partial charge is 0.399 e. The van der Waals surface area contributed by atoms with Gasteiger partial charge in [-0.1, -0.05) is 77.8 Å². The third-order valence-corrected chi connectivity index (χ3v) is 8.29. The molecule has 4 aromatic carbocycles. The van der Waals surface area contributed by atoms with Gasteiger partial charge in [-0.2, -0.15) is 0 Å². The van der Waals surface area contributed by atoms with Crippen LogP contribution in [0.3, 0.4) is 0 Å². The first-order chi connectivity index (χ1) is 20.7. The molecule has 0 saturated heterocycles. The normalized spacial score (nSPS) is 11.4. The van der Waals surface area contributed by atoms with Gasteiger partial charge in [-0.25, -0.2) is 9.78 Å². The van der Waals surface area contributed by atoms with Crippen LogP contribution in [-0.2, 0) is 26.7 Å². The highest BCUT2D eigenvalue weighted by molar-refractivity contribution is 7.52. The third-order valence-electron chi connectivity index (χ3n) is 6.53. The Morgan fingerprint density at radius 3 is 2.26 bits per heavy atom. The summed E-state index contributed by atoms with van der Waals surface area (Å²) in [6.45, 7) is 0.212. The molecule has 5 rings (SSSR count). The molecule has 0 aliphatic carbocycles. The van der Waals surface area contributed by atoms with E-state index < -0.39 is 19.7 Å². The lowest BCUT2D eigenvalue weighted by atomic mass is 9.98. The Morgan fingerprint density at radius 1 is 0.930 bits per heavy atom. The predicted octanol–water partition coefficient (Wildman–Crippen LogP) is 9.85. The van der Waals surface area contributed by atoms with Crippen molar-refractivity contribution in [3.05, 3.63) is 124 Å². The van der Waals surface area contributed by atoms with Crippen molar-refractivity contribution in [2.45, 2.75) is 12.7 Å². The molecule has 13 heteroatoms. The van der Waals surface area contributed by atoms with Crippen LogP contribution < -0.4 is 4.90 Å². The summed E-state index contributed by atoms with van der Waals surface area (Å²) in [4.78, 5) is 17.9. The van der Waals surface area contributed by atoms with Crippen molar-refractivity contribution in [3.8, 4) is 22.5 Å². The van der Waals surface area contributed by atoms with E-state index in [1.165, 1.54) is 6.07 Å². The van der Waals surface area contributed by atoms with Gasteiger partial charge in [0.2, 0.25) is 0 Å². The van der Waals surface area contributed by atoms with E-state index in [1.807, 2.05) is 12.1 Å². The summed E-state index contributed by atoms with van der Waals surface area (Å²) in [5.41, 5.74) is 3.77. The number of oxazole rings is 1. The molecule has 0 spiro atoms. The van der Waals surface area contributed by atoms with Gasteiger partial charge in [0.25, 0.3) is 0 Å². The number of hydrogen-bond acceptors (Lipinski definition) is 7. The van der Waals surface area contributed by atoms with Crippen LogP contribution in [-0.4, -0.2) is 16.1 Å². The van der Waals surface area contributed by atoms with Crippen LogP contribution in [0.15, 0.2) is 102 Å². The van der Waals surface area contributed by atoms with E-state index >= 15 is 0 Å². The highest BCUT2D eigenvalue weighted by Crippen LogP contribution is 2.53. The van der Waals surface area contributed by atoms with Gasteiger partial charge >= 0.3 is 19.6 Å². The Hall–Kier alpha value is -4.05. The maximum Gasteiger partial charge on any atom is 0.399 e. The number of aromatic nitrogens is 1.